The molecule has 0 saturated carbocycles. The van der Waals surface area contributed by atoms with Gasteiger partial charge in [0.05, 0.1) is 6.10 Å². The lowest BCUT2D eigenvalue weighted by Crippen LogP contribution is -2.50. The number of rotatable bonds is 3. The van der Waals surface area contributed by atoms with Crippen LogP contribution in [0.3, 0.4) is 0 Å². The summed E-state index contributed by atoms with van der Waals surface area (Å²) in [6.07, 6.45) is 3.72. The van der Waals surface area contributed by atoms with E-state index in [-0.39, 0.29) is 11.9 Å². The van der Waals surface area contributed by atoms with E-state index in [4.69, 9.17) is 5.11 Å². The highest BCUT2D eigenvalue weighted by atomic mass is 19.1. The molecule has 1 aromatic carbocycles. The molecule has 15 heavy (non-hydrogen) atoms. The van der Waals surface area contributed by atoms with Crippen LogP contribution >= 0.6 is 0 Å². The zero-order valence-corrected chi connectivity index (χ0v) is 8.44. The average Bonchev–Trinajstić information content (AvgIpc) is 2.15. The molecule has 2 nitrogen and oxygen atoms in total. The molecule has 3 heteroatoms. The fourth-order valence-electron chi connectivity index (χ4n) is 1.64. The van der Waals surface area contributed by atoms with Gasteiger partial charge in [0.2, 0.25) is 0 Å². The first-order valence-corrected chi connectivity index (χ1v) is 5.06. The monoisotopic (exact) mass is 207 g/mol. The van der Waals surface area contributed by atoms with Crippen molar-refractivity contribution in [3.05, 3.63) is 41.7 Å². The van der Waals surface area contributed by atoms with Crippen LogP contribution in [0.4, 0.5) is 4.39 Å². The lowest BCUT2D eigenvalue weighted by atomic mass is 10.1. The minimum Gasteiger partial charge on any atom is -0.390 e. The van der Waals surface area contributed by atoms with E-state index >= 15 is 0 Å². The maximum atomic E-state index is 12.8. The highest BCUT2D eigenvalue weighted by molar-refractivity contribution is 5.49. The molecule has 0 aromatic heterocycles. The summed E-state index contributed by atoms with van der Waals surface area (Å²) in [6, 6.07) is 6.50. The molecule has 0 radical (unpaired) electrons. The molecule has 1 fully saturated rings. The maximum Gasteiger partial charge on any atom is 0.123 e. The fraction of sp³-hybridized carbons (Fsp3) is 0.333. The van der Waals surface area contributed by atoms with Crippen molar-refractivity contribution in [1.82, 2.24) is 4.90 Å². The summed E-state index contributed by atoms with van der Waals surface area (Å²) in [5, 5.41) is 9.06. The molecule has 0 spiro atoms. The van der Waals surface area contributed by atoms with Crippen molar-refractivity contribution >= 4 is 6.08 Å². The number of aliphatic hydroxyl groups is 1. The van der Waals surface area contributed by atoms with Gasteiger partial charge in [0.25, 0.3) is 0 Å². The molecule has 1 heterocycles. The first-order valence-electron chi connectivity index (χ1n) is 5.06. The van der Waals surface area contributed by atoms with Crippen molar-refractivity contribution in [2.24, 2.45) is 0 Å². The van der Waals surface area contributed by atoms with Crippen molar-refractivity contribution in [3.8, 4) is 0 Å². The van der Waals surface area contributed by atoms with E-state index in [0.29, 0.717) is 0 Å². The van der Waals surface area contributed by atoms with E-state index in [9.17, 15) is 4.39 Å². The van der Waals surface area contributed by atoms with Crippen LogP contribution in [-0.2, 0) is 0 Å². The zero-order chi connectivity index (χ0) is 10.7. The summed E-state index contributed by atoms with van der Waals surface area (Å²) in [5.74, 6) is -0.212. The molecule has 1 aromatic rings. The number of β-amino-alcohol motifs (C(OH)–C–C–N with tert-alkyl or cyclic N) is 1. The summed E-state index contributed by atoms with van der Waals surface area (Å²) in [4.78, 5) is 2.13. The summed E-state index contributed by atoms with van der Waals surface area (Å²) in [7, 11) is 0. The van der Waals surface area contributed by atoms with Gasteiger partial charge in [0, 0.05) is 19.6 Å². The van der Waals surface area contributed by atoms with Crippen LogP contribution in [0.15, 0.2) is 30.3 Å². The van der Waals surface area contributed by atoms with Gasteiger partial charge < -0.3 is 5.11 Å². The van der Waals surface area contributed by atoms with Crippen LogP contribution in [0.2, 0.25) is 0 Å². The van der Waals surface area contributed by atoms with Gasteiger partial charge in [0.1, 0.15) is 5.82 Å². The third-order valence-corrected chi connectivity index (χ3v) is 2.46. The van der Waals surface area contributed by atoms with Crippen LogP contribution in [-0.4, -0.2) is 35.7 Å². The summed E-state index contributed by atoms with van der Waals surface area (Å²) in [6.45, 7) is 2.30. The number of hydrogen-bond acceptors (Lipinski definition) is 2. The van der Waals surface area contributed by atoms with Crippen molar-refractivity contribution < 1.29 is 9.50 Å². The summed E-state index contributed by atoms with van der Waals surface area (Å²) >= 11 is 0. The van der Waals surface area contributed by atoms with Crippen LogP contribution in [0.25, 0.3) is 6.08 Å². The number of halogens is 1. The predicted molar refractivity (Wildman–Crippen MR) is 57.9 cm³/mol. The average molecular weight is 207 g/mol. The molecular formula is C12H14FNO. The fourth-order valence-corrected chi connectivity index (χ4v) is 1.64. The Bertz CT molecular complexity index is 358. The second-order valence-corrected chi connectivity index (χ2v) is 3.83. The second kappa shape index (κ2) is 4.55. The van der Waals surface area contributed by atoms with Crippen molar-refractivity contribution in [1.29, 1.82) is 0 Å². The van der Waals surface area contributed by atoms with Gasteiger partial charge in [-0.25, -0.2) is 4.39 Å². The lowest BCUT2D eigenvalue weighted by Gasteiger charge is -2.34. The Hall–Kier alpha value is -1.19. The SMILES string of the molecule is OC1CN(C/C=C\c2cccc(F)c2)C1. The van der Waals surface area contributed by atoms with E-state index in [1.165, 1.54) is 12.1 Å². The molecule has 80 valence electrons. The molecule has 2 rings (SSSR count). The first kappa shape index (κ1) is 10.3. The molecular weight excluding hydrogens is 193 g/mol. The molecule has 0 bridgehead atoms. The van der Waals surface area contributed by atoms with Gasteiger partial charge in [-0.1, -0.05) is 24.3 Å². The van der Waals surface area contributed by atoms with Gasteiger partial charge in [-0.3, -0.25) is 4.90 Å². The Kier molecular flexibility index (Phi) is 3.14. The summed E-state index contributed by atoms with van der Waals surface area (Å²) in [5.41, 5.74) is 0.871. The Balaban J connectivity index is 1.83. The van der Waals surface area contributed by atoms with Gasteiger partial charge >= 0.3 is 0 Å². The highest BCUT2D eigenvalue weighted by Gasteiger charge is 2.22. The molecule has 0 atom stereocenters. The zero-order valence-electron chi connectivity index (χ0n) is 8.44. The number of aliphatic hydroxyl groups excluding tert-OH is 1. The number of nitrogens with zero attached hydrogens (tertiary/aromatic N) is 1. The predicted octanol–water partition coefficient (Wildman–Crippen LogP) is 1.52. The van der Waals surface area contributed by atoms with Crippen molar-refractivity contribution in [3.63, 3.8) is 0 Å². The van der Waals surface area contributed by atoms with E-state index in [1.54, 1.807) is 6.07 Å². The Labute approximate surface area is 88.6 Å². The second-order valence-electron chi connectivity index (χ2n) is 3.83. The summed E-state index contributed by atoms with van der Waals surface area (Å²) < 4.78 is 12.8. The van der Waals surface area contributed by atoms with Crippen LogP contribution < -0.4 is 0 Å². The minimum atomic E-state index is -0.212. The third kappa shape index (κ3) is 2.88. The third-order valence-electron chi connectivity index (χ3n) is 2.46. The molecule has 1 saturated heterocycles. The Morgan fingerprint density at radius 1 is 1.47 bits per heavy atom. The molecule has 1 aliphatic rings. The topological polar surface area (TPSA) is 23.5 Å². The van der Waals surface area contributed by atoms with Crippen molar-refractivity contribution in [2.45, 2.75) is 6.10 Å². The lowest BCUT2D eigenvalue weighted by molar-refractivity contribution is 0.00992. The smallest absolute Gasteiger partial charge is 0.123 e. The largest absolute Gasteiger partial charge is 0.390 e. The van der Waals surface area contributed by atoms with Gasteiger partial charge in [-0.05, 0) is 17.7 Å². The van der Waals surface area contributed by atoms with Gasteiger partial charge in [-0.15, -0.1) is 0 Å². The highest BCUT2D eigenvalue weighted by Crippen LogP contribution is 2.08. The van der Waals surface area contributed by atoms with Crippen LogP contribution in [0.5, 0.6) is 0 Å². The maximum absolute atomic E-state index is 12.8. The number of likely N-dealkylation sites (tertiary alicyclic amines) is 1. The Morgan fingerprint density at radius 2 is 2.27 bits per heavy atom. The van der Waals surface area contributed by atoms with E-state index in [2.05, 4.69) is 4.90 Å². The molecule has 1 N–H and O–H groups in total. The first-order chi connectivity index (χ1) is 7.24. The van der Waals surface area contributed by atoms with E-state index in [0.717, 1.165) is 25.2 Å². The molecule has 0 amide bonds. The van der Waals surface area contributed by atoms with Crippen LogP contribution in [0, 0.1) is 5.82 Å². The number of hydrogen-bond donors (Lipinski definition) is 1. The standard InChI is InChI=1S/C12H14FNO/c13-11-5-1-3-10(7-11)4-2-6-14-8-12(15)9-14/h1-5,7,12,15H,6,8-9H2/b4-2-. The molecule has 0 aliphatic carbocycles. The number of benzene rings is 1. The molecule has 1 aliphatic heterocycles. The van der Waals surface area contributed by atoms with Gasteiger partial charge in [0.15, 0.2) is 0 Å². The quantitative estimate of drug-likeness (QED) is 0.812. The minimum absolute atomic E-state index is 0.160. The van der Waals surface area contributed by atoms with E-state index < -0.39 is 0 Å². The van der Waals surface area contributed by atoms with Crippen LogP contribution in [0.1, 0.15) is 5.56 Å². The Morgan fingerprint density at radius 3 is 2.93 bits per heavy atom. The van der Waals surface area contributed by atoms with Crippen molar-refractivity contribution in [2.75, 3.05) is 19.6 Å². The van der Waals surface area contributed by atoms with E-state index in [1.807, 2.05) is 18.2 Å². The van der Waals surface area contributed by atoms with Gasteiger partial charge in [-0.2, -0.15) is 0 Å². The normalized spacial score (nSPS) is 18.3. The molecule has 0 unspecified atom stereocenters.